The molecule has 0 bridgehead atoms. The van der Waals surface area contributed by atoms with Crippen LogP contribution in [0.3, 0.4) is 0 Å². The zero-order valence-electron chi connectivity index (χ0n) is 59.1. The predicted molar refractivity (Wildman–Crippen MR) is 376 cm³/mol. The van der Waals surface area contributed by atoms with Crippen molar-refractivity contribution in [2.75, 3.05) is 19.8 Å². The van der Waals surface area contributed by atoms with Gasteiger partial charge in [0.2, 0.25) is 70.9 Å². The van der Waals surface area contributed by atoms with Crippen LogP contribution < -0.4 is 75.7 Å². The monoisotopic (exact) mass is 1470 g/mol. The third-order valence-corrected chi connectivity index (χ3v) is 16.4. The number of rotatable bonds is 45. The average Bonchev–Trinajstić information content (AvgIpc) is 1.75. The quantitative estimate of drug-likeness (QED) is 0.0184. The number of para-hydroxylation sites is 1. The number of primary amides is 1. The lowest BCUT2D eigenvalue weighted by Gasteiger charge is -2.29. The number of unbranched alkanes of at least 4 members (excludes halogenated alkanes) is 1. The van der Waals surface area contributed by atoms with Crippen LogP contribution in [0.15, 0.2) is 85.1 Å². The molecule has 0 aliphatic rings. The van der Waals surface area contributed by atoms with Gasteiger partial charge in [0.1, 0.15) is 72.2 Å². The van der Waals surface area contributed by atoms with Gasteiger partial charge in [-0.3, -0.25) is 62.3 Å². The van der Waals surface area contributed by atoms with Gasteiger partial charge in [-0.1, -0.05) is 88.4 Å². The van der Waals surface area contributed by atoms with Crippen molar-refractivity contribution in [2.45, 2.75) is 190 Å². The topological polar surface area (TPSA) is 607 Å². The van der Waals surface area contributed by atoms with E-state index in [1.165, 1.54) is 24.3 Å². The van der Waals surface area contributed by atoms with Crippen molar-refractivity contribution in [3.63, 3.8) is 0 Å². The highest BCUT2D eigenvalue weighted by atomic mass is 16.4. The number of aromatic hydroxyl groups is 1. The van der Waals surface area contributed by atoms with E-state index in [0.717, 1.165) is 13.8 Å². The molecule has 3 aromatic carbocycles. The first-order valence-electron chi connectivity index (χ1n) is 34.0. The molecule has 1 heterocycles. The SMILES string of the molecule is CC(C)C[C@H](NC(=O)[C@H](Cc1ccc(O)cc1)NC(=O)[C@H](CC(C)C)NC(=O)[C@@H](NC(=O)[C@H](CO)NC(=O)[C@@H](NC(=O)[C@H](CO)NC(=O)[C@H](Cc1ccccc1)NC(=O)[C@@H](N)CC(=O)O)[C@@H](C)O)[C@@H](C)O)C(=O)N[C@@H](CCCCN)C(=O)N[C@@H](Cc1c[nH]c2ccccc12)C(=O)N[C@@H](CC(N)=O)C(=O)O. The predicted octanol–water partition coefficient (Wildman–Crippen LogP) is -5.04. The van der Waals surface area contributed by atoms with Gasteiger partial charge >= 0.3 is 11.9 Å². The largest absolute Gasteiger partial charge is 0.508 e. The Morgan fingerprint density at radius 1 is 0.438 bits per heavy atom. The Labute approximate surface area is 604 Å². The molecule has 4 aromatic rings. The summed E-state index contributed by atoms with van der Waals surface area (Å²) < 4.78 is 0. The van der Waals surface area contributed by atoms with E-state index in [2.05, 4.69) is 63.5 Å². The number of amides is 12. The third-order valence-electron chi connectivity index (χ3n) is 16.4. The zero-order chi connectivity index (χ0) is 78.4. The number of hydrogen-bond acceptors (Lipinski definition) is 21. The number of nitrogens with one attached hydrogen (secondary N) is 12. The maximum atomic E-state index is 14.8. The van der Waals surface area contributed by atoms with E-state index in [1.807, 2.05) is 0 Å². The number of phenols is 1. The molecule has 36 heteroatoms. The second-order valence-electron chi connectivity index (χ2n) is 26.2. The summed E-state index contributed by atoms with van der Waals surface area (Å²) in [6.07, 6.45) is -4.01. The number of aliphatic carboxylic acids is 2. The van der Waals surface area contributed by atoms with Gasteiger partial charge in [-0.25, -0.2) is 4.79 Å². The summed E-state index contributed by atoms with van der Waals surface area (Å²) in [5.74, 6) is -17.0. The summed E-state index contributed by atoms with van der Waals surface area (Å²) in [5, 5.41) is 98.5. The minimum absolute atomic E-state index is 0.0643. The van der Waals surface area contributed by atoms with E-state index in [9.17, 15) is 97.8 Å². The molecule has 4 rings (SSSR count). The summed E-state index contributed by atoms with van der Waals surface area (Å²) in [5.41, 5.74) is 18.9. The van der Waals surface area contributed by atoms with Crippen molar-refractivity contribution in [3.05, 3.63) is 102 Å². The third kappa shape index (κ3) is 28.8. The number of carboxylic acid groups (broad SMARTS) is 2. The standard InChI is InChI=1S/C69H99N15O21/c1-34(2)24-46(60(95)74-45(18-12-13-23-70)59(94)78-50(64(99)80-51(69(104)105)30-54(72)90)28-40-31-73-44-17-11-10-16-42(40)44)76-62(97)49(27-39-19-21-41(89)22-20-39)77-61(96)47(25-35(3)4)79-67(102)56(36(5)87)83-66(101)53(33-86)82-68(103)57(37(6)88)84-65(100)52(32-85)81-63(98)48(26-38-14-8-7-9-15-38)75-58(93)43(71)29-55(91)92/h7-11,14-17,19-22,31,34-37,43,45-53,56-57,73,85-89H,12-13,18,23-30,32-33,70-71H2,1-6H3,(H2,72,90)(H,74,95)(H,75,93)(H,76,97)(H,77,96)(H,78,94)(H,79,102)(H,80,99)(H,81,98)(H,82,103)(H,83,101)(H,84,100)(H,91,92)(H,104,105)/t36-,37-,43+,45+,46+,47+,48+,49+,50+,51+,52+,53+,56+,57+/m1/s1. The fraction of sp³-hybridized carbons (Fsp3) is 0.507. The molecule has 0 radical (unpaired) electrons. The number of H-pyrrole nitrogens is 1. The Kier molecular flexibility index (Phi) is 35.4. The van der Waals surface area contributed by atoms with Gasteiger partial charge in [0.05, 0.1) is 44.3 Å². The molecular weight excluding hydrogens is 1370 g/mol. The smallest absolute Gasteiger partial charge is 0.326 e. The Bertz CT molecular complexity index is 3630. The molecule has 576 valence electrons. The lowest BCUT2D eigenvalue weighted by Crippen LogP contribution is -2.64. The van der Waals surface area contributed by atoms with Crippen LogP contribution in [0, 0.1) is 11.8 Å². The Hall–Kier alpha value is -10.7. The van der Waals surface area contributed by atoms with Gasteiger partial charge in [-0.05, 0) is 99.2 Å². The van der Waals surface area contributed by atoms with E-state index < -0.39 is 200 Å². The van der Waals surface area contributed by atoms with Gasteiger partial charge in [-0.2, -0.15) is 0 Å². The lowest BCUT2D eigenvalue weighted by atomic mass is 9.98. The van der Waals surface area contributed by atoms with Gasteiger partial charge in [0, 0.05) is 36.4 Å². The molecular formula is C69H99N15O21. The van der Waals surface area contributed by atoms with Crippen LogP contribution in [0.2, 0.25) is 0 Å². The highest BCUT2D eigenvalue weighted by Gasteiger charge is 2.39. The van der Waals surface area contributed by atoms with Crippen molar-refractivity contribution in [1.82, 2.24) is 63.5 Å². The van der Waals surface area contributed by atoms with Gasteiger partial charge in [0.25, 0.3) is 0 Å². The zero-order valence-corrected chi connectivity index (χ0v) is 59.1. The molecule has 36 nitrogen and oxygen atoms in total. The fourth-order valence-electron chi connectivity index (χ4n) is 10.9. The number of fused-ring (bicyclic) bond motifs is 1. The highest BCUT2D eigenvalue weighted by Crippen LogP contribution is 2.21. The van der Waals surface area contributed by atoms with Crippen LogP contribution in [0.4, 0.5) is 0 Å². The second kappa shape index (κ2) is 42.8. The number of carboxylic acids is 2. The molecule has 14 atom stereocenters. The number of aliphatic hydroxyl groups excluding tert-OH is 4. The van der Waals surface area contributed by atoms with Crippen molar-refractivity contribution in [1.29, 1.82) is 0 Å². The van der Waals surface area contributed by atoms with E-state index in [-0.39, 0.29) is 63.2 Å². The molecule has 25 N–H and O–H groups in total. The fourth-order valence-corrected chi connectivity index (χ4v) is 10.9. The number of aromatic amines is 1. The van der Waals surface area contributed by atoms with Crippen LogP contribution in [-0.4, -0.2) is 228 Å². The van der Waals surface area contributed by atoms with E-state index in [4.69, 9.17) is 22.3 Å². The van der Waals surface area contributed by atoms with Gasteiger partial charge in [0.15, 0.2) is 0 Å². The van der Waals surface area contributed by atoms with Gasteiger partial charge < -0.3 is 116 Å². The Balaban J connectivity index is 1.57. The Morgan fingerprint density at radius 3 is 1.29 bits per heavy atom. The molecule has 0 saturated carbocycles. The van der Waals surface area contributed by atoms with Crippen molar-refractivity contribution in [2.24, 2.45) is 29.0 Å². The number of carbonyl (C=O) groups excluding carboxylic acids is 12. The van der Waals surface area contributed by atoms with Crippen LogP contribution in [0.1, 0.15) is 103 Å². The average molecular weight is 1470 g/mol. The molecule has 0 spiro atoms. The minimum Gasteiger partial charge on any atom is -0.508 e. The second-order valence-corrected chi connectivity index (χ2v) is 26.2. The highest BCUT2D eigenvalue weighted by molar-refractivity contribution is 6.00. The van der Waals surface area contributed by atoms with Crippen molar-refractivity contribution in [3.8, 4) is 5.75 Å². The maximum absolute atomic E-state index is 14.8. The summed E-state index contributed by atoms with van der Waals surface area (Å²) >= 11 is 0. The first kappa shape index (κ1) is 86.7. The van der Waals surface area contributed by atoms with E-state index in [1.54, 1.807) is 88.5 Å². The number of phenolic OH excluding ortho intramolecular Hbond substituents is 1. The van der Waals surface area contributed by atoms with E-state index in [0.29, 0.717) is 34.0 Å². The summed E-state index contributed by atoms with van der Waals surface area (Å²) in [4.78, 5) is 193. The van der Waals surface area contributed by atoms with Crippen molar-refractivity contribution < 1.29 is 103 Å². The van der Waals surface area contributed by atoms with E-state index >= 15 is 0 Å². The van der Waals surface area contributed by atoms with Crippen LogP contribution in [0.25, 0.3) is 10.9 Å². The Morgan fingerprint density at radius 2 is 0.829 bits per heavy atom. The first-order chi connectivity index (χ1) is 49.5. The molecule has 0 aliphatic carbocycles. The van der Waals surface area contributed by atoms with Gasteiger partial charge in [-0.15, -0.1) is 0 Å². The molecule has 0 fully saturated rings. The number of nitrogens with two attached hydrogens (primary N) is 3. The molecule has 105 heavy (non-hydrogen) atoms. The van der Waals surface area contributed by atoms with Crippen LogP contribution >= 0.6 is 0 Å². The minimum atomic E-state index is -2.01. The molecule has 0 saturated heterocycles. The van der Waals surface area contributed by atoms with Crippen LogP contribution in [-0.2, 0) is 86.4 Å². The summed E-state index contributed by atoms with van der Waals surface area (Å²) in [6, 6.07) is 0.290. The molecule has 0 aliphatic heterocycles. The number of aromatic nitrogens is 1. The summed E-state index contributed by atoms with van der Waals surface area (Å²) in [7, 11) is 0. The molecule has 0 unspecified atom stereocenters. The first-order valence-corrected chi connectivity index (χ1v) is 34.0. The number of aliphatic hydroxyl groups is 4. The normalized spacial score (nSPS) is 15.3. The number of carbonyl (C=O) groups is 14. The maximum Gasteiger partial charge on any atom is 0.326 e. The number of benzene rings is 3. The van der Waals surface area contributed by atoms with Crippen LogP contribution in [0.5, 0.6) is 5.75 Å². The molecule has 12 amide bonds. The molecule has 1 aromatic heterocycles. The summed E-state index contributed by atoms with van der Waals surface area (Å²) in [6.45, 7) is 6.74. The lowest BCUT2D eigenvalue weighted by molar-refractivity contribution is -0.143. The number of hydrogen-bond donors (Lipinski definition) is 22. The van der Waals surface area contributed by atoms with Crippen molar-refractivity contribution >= 4 is 93.7 Å².